The topological polar surface area (TPSA) is 70.5 Å². The first kappa shape index (κ1) is 17.5. The van der Waals surface area contributed by atoms with Crippen molar-refractivity contribution in [3.05, 3.63) is 0 Å². The van der Waals surface area contributed by atoms with Crippen molar-refractivity contribution in [1.82, 2.24) is 0 Å². The summed E-state index contributed by atoms with van der Waals surface area (Å²) >= 11 is -0.472. The maximum absolute atomic E-state index is 5.55. The van der Waals surface area contributed by atoms with Gasteiger partial charge >= 0.3 is 35.3 Å². The van der Waals surface area contributed by atoms with Gasteiger partial charge in [0.25, 0.3) is 0 Å². The Hall–Kier alpha value is 1.11. The molecule has 92 valence electrons. The van der Waals surface area contributed by atoms with Gasteiger partial charge in [-0.1, -0.05) is 0 Å². The van der Waals surface area contributed by atoms with Crippen LogP contribution in [0.2, 0.25) is 0 Å². The van der Waals surface area contributed by atoms with Crippen LogP contribution in [-0.4, -0.2) is 40.5 Å². The van der Waals surface area contributed by atoms with Gasteiger partial charge in [0.1, 0.15) is 0 Å². The fourth-order valence-corrected chi connectivity index (χ4v) is 0.973. The molecule has 0 aromatic rings. The van der Waals surface area contributed by atoms with Crippen LogP contribution in [0.15, 0.2) is 0 Å². The first-order valence-electron chi connectivity index (χ1n) is 3.86. The number of hydrogen-bond acceptors (Lipinski definition) is 4. The van der Waals surface area contributed by atoms with Gasteiger partial charge in [-0.2, -0.15) is 0 Å². The third kappa shape index (κ3) is 8.42. The van der Waals surface area contributed by atoms with Crippen LogP contribution < -0.4 is 11.5 Å². The zero-order valence-electron chi connectivity index (χ0n) is 8.37. The second-order valence-electron chi connectivity index (χ2n) is 2.82. The molecule has 0 atom stereocenters. The first-order chi connectivity index (χ1) is 6.66. The zero-order chi connectivity index (χ0) is 11.4. The molecular formula is C7H18Cl2N2O2Pt. The molecule has 4 nitrogen and oxygen atoms in total. The molecule has 0 unspecified atom stereocenters. The Bertz CT molecular complexity index is 110. The van der Waals surface area contributed by atoms with Gasteiger partial charge in [0.2, 0.25) is 0 Å². The third-order valence-electron chi connectivity index (χ3n) is 1.77. The van der Waals surface area contributed by atoms with Crippen LogP contribution in [0.3, 0.4) is 0 Å². The van der Waals surface area contributed by atoms with Crippen LogP contribution in [0.1, 0.15) is 0 Å². The molecule has 0 aliphatic heterocycles. The minimum absolute atomic E-state index is 0.205. The zero-order valence-corrected chi connectivity index (χ0v) is 12.2. The predicted octanol–water partition coefficient (Wildman–Crippen LogP) is 0.560. The fraction of sp³-hybridized carbons (Fsp3) is 1.00. The van der Waals surface area contributed by atoms with Gasteiger partial charge in [0, 0.05) is 32.7 Å². The fourth-order valence-electron chi connectivity index (χ4n) is 0.973. The molecule has 14 heavy (non-hydrogen) atoms. The molecule has 7 heteroatoms. The van der Waals surface area contributed by atoms with E-state index in [1.807, 2.05) is 0 Å². The van der Waals surface area contributed by atoms with Crippen LogP contribution in [0, 0.1) is 5.41 Å². The molecule has 0 heterocycles. The van der Waals surface area contributed by atoms with E-state index in [1.165, 1.54) is 0 Å². The molecule has 0 aromatic carbocycles. The van der Waals surface area contributed by atoms with Crippen molar-refractivity contribution in [2.75, 3.05) is 40.5 Å². The summed E-state index contributed by atoms with van der Waals surface area (Å²) in [6.07, 6.45) is 0. The molecule has 0 spiro atoms. The summed E-state index contributed by atoms with van der Waals surface area (Å²) in [5, 5.41) is 0. The summed E-state index contributed by atoms with van der Waals surface area (Å²) in [5.41, 5.74) is 10.9. The standard InChI is InChI=1S/C7H18N2O2.2ClH.Pt/c1-10-5-7(3-8,4-9)6-11-2;;;/h3-6,8-9H2,1-2H3;2*1H;/q;;;+2/p-2. The number of nitrogens with two attached hydrogens (primary N) is 2. The molecule has 0 aliphatic rings. The second kappa shape index (κ2) is 12.2. The van der Waals surface area contributed by atoms with E-state index in [4.69, 9.17) is 39.8 Å². The van der Waals surface area contributed by atoms with E-state index in [9.17, 15) is 0 Å². The Kier molecular flexibility index (Phi) is 15.2. The van der Waals surface area contributed by atoms with Crippen LogP contribution in [0.5, 0.6) is 0 Å². The van der Waals surface area contributed by atoms with E-state index in [0.717, 1.165) is 0 Å². The van der Waals surface area contributed by atoms with E-state index in [-0.39, 0.29) is 5.41 Å². The summed E-state index contributed by atoms with van der Waals surface area (Å²) in [5.74, 6) is 0. The normalized spacial score (nSPS) is 11.0. The molecule has 0 fully saturated rings. The van der Waals surface area contributed by atoms with Crippen LogP contribution in [-0.2, 0) is 26.0 Å². The van der Waals surface area contributed by atoms with Gasteiger partial charge in [0.15, 0.2) is 0 Å². The van der Waals surface area contributed by atoms with Crippen molar-refractivity contribution < 1.29 is 26.0 Å². The first-order valence-corrected chi connectivity index (χ1v) is 9.49. The van der Waals surface area contributed by atoms with Gasteiger partial charge in [-0.25, -0.2) is 0 Å². The van der Waals surface area contributed by atoms with Gasteiger partial charge < -0.3 is 20.9 Å². The average Bonchev–Trinajstić information content (AvgIpc) is 2.19. The van der Waals surface area contributed by atoms with Gasteiger partial charge in [-0.05, 0) is 0 Å². The molecule has 0 aromatic heterocycles. The Labute approximate surface area is 102 Å². The van der Waals surface area contributed by atoms with Crippen molar-refractivity contribution >= 4 is 18.8 Å². The summed E-state index contributed by atoms with van der Waals surface area (Å²) in [7, 11) is 13.0. The maximum atomic E-state index is 5.55. The summed E-state index contributed by atoms with van der Waals surface area (Å²) in [4.78, 5) is 0. The van der Waals surface area contributed by atoms with Crippen LogP contribution in [0.4, 0.5) is 0 Å². The Morgan fingerprint density at radius 3 is 1.50 bits per heavy atom. The van der Waals surface area contributed by atoms with Crippen molar-refractivity contribution in [3.63, 3.8) is 0 Å². The molecule has 0 rings (SSSR count). The van der Waals surface area contributed by atoms with Crippen LogP contribution in [0.25, 0.3) is 0 Å². The number of ether oxygens (including phenoxy) is 2. The summed E-state index contributed by atoms with van der Waals surface area (Å²) < 4.78 is 10.0. The third-order valence-corrected chi connectivity index (χ3v) is 1.77. The monoisotopic (exact) mass is 427 g/mol. The van der Waals surface area contributed by atoms with Crippen molar-refractivity contribution in [2.24, 2.45) is 16.9 Å². The molecule has 0 bridgehead atoms. The molecule has 0 aliphatic carbocycles. The summed E-state index contributed by atoms with van der Waals surface area (Å²) in [6.45, 7) is 2.08. The van der Waals surface area contributed by atoms with Gasteiger partial charge in [-0.15, -0.1) is 0 Å². The van der Waals surface area contributed by atoms with E-state index in [2.05, 4.69) is 0 Å². The number of hydrogen-bond donors (Lipinski definition) is 2. The Morgan fingerprint density at radius 2 is 1.36 bits per heavy atom. The van der Waals surface area contributed by atoms with E-state index in [0.29, 0.717) is 26.3 Å². The molecule has 0 radical (unpaired) electrons. The average molecular weight is 428 g/mol. The minimum atomic E-state index is -0.472. The SMILES string of the molecule is COCC(CN)(CN)COC.[Cl][Pt][Cl]. The van der Waals surface area contributed by atoms with Crippen molar-refractivity contribution in [2.45, 2.75) is 0 Å². The predicted molar refractivity (Wildman–Crippen MR) is 56.0 cm³/mol. The number of methoxy groups -OCH3 is 2. The van der Waals surface area contributed by atoms with Crippen LogP contribution >= 0.6 is 18.8 Å². The number of rotatable bonds is 6. The molecule has 0 amide bonds. The molecule has 4 N–H and O–H groups in total. The van der Waals surface area contributed by atoms with Crippen molar-refractivity contribution in [1.29, 1.82) is 0 Å². The van der Waals surface area contributed by atoms with E-state index >= 15 is 0 Å². The quantitative estimate of drug-likeness (QED) is 0.649. The van der Waals surface area contributed by atoms with E-state index < -0.39 is 16.5 Å². The number of halogens is 2. The molecule has 0 saturated heterocycles. The molecule has 0 saturated carbocycles. The van der Waals surface area contributed by atoms with Crippen molar-refractivity contribution in [3.8, 4) is 0 Å². The second-order valence-corrected chi connectivity index (χ2v) is 6.10. The molecular weight excluding hydrogens is 410 g/mol. The van der Waals surface area contributed by atoms with Gasteiger partial charge in [0.05, 0.1) is 13.2 Å². The summed E-state index contributed by atoms with van der Waals surface area (Å²) in [6, 6.07) is 0. The Balaban J connectivity index is 0. The Morgan fingerprint density at radius 1 is 1.07 bits per heavy atom. The van der Waals surface area contributed by atoms with E-state index in [1.54, 1.807) is 14.2 Å². The van der Waals surface area contributed by atoms with Gasteiger partial charge in [-0.3, -0.25) is 0 Å².